The molecule has 0 aliphatic heterocycles. The van der Waals surface area contributed by atoms with E-state index >= 15 is 0 Å². The number of nitrogens with zero attached hydrogens (tertiary/aromatic N) is 3. The molecular weight excluding hydrogens is 401 g/mol. The lowest BCUT2D eigenvalue weighted by Gasteiger charge is -2.10. The van der Waals surface area contributed by atoms with Crippen molar-refractivity contribution in [2.24, 2.45) is 15.9 Å². The minimum Gasteiger partial charge on any atom is -0.502 e. The van der Waals surface area contributed by atoms with Crippen LogP contribution in [0.1, 0.15) is 11.1 Å². The van der Waals surface area contributed by atoms with E-state index < -0.39 is 34.0 Å². The van der Waals surface area contributed by atoms with E-state index in [-0.39, 0.29) is 5.17 Å². The number of phenols is 1. The van der Waals surface area contributed by atoms with Gasteiger partial charge in [0.2, 0.25) is 5.75 Å². The minimum atomic E-state index is -5.06. The van der Waals surface area contributed by atoms with Gasteiger partial charge in [0.05, 0.1) is 17.2 Å². The quantitative estimate of drug-likeness (QED) is 0.321. The third-order valence-corrected chi connectivity index (χ3v) is 3.96. The van der Waals surface area contributed by atoms with Crippen molar-refractivity contribution in [3.05, 3.63) is 63.7 Å². The average Bonchev–Trinajstić information content (AvgIpc) is 2.61. The molecule has 0 aliphatic rings. The molecule has 0 radical (unpaired) electrons. The van der Waals surface area contributed by atoms with Crippen LogP contribution in [0.25, 0.3) is 0 Å². The highest BCUT2D eigenvalue weighted by molar-refractivity contribution is 8.13. The summed E-state index contributed by atoms with van der Waals surface area (Å²) in [5, 5.41) is 28.0. The van der Waals surface area contributed by atoms with E-state index in [1.165, 1.54) is 0 Å². The molecule has 2 rings (SSSR count). The Morgan fingerprint density at radius 3 is 2.61 bits per heavy atom. The van der Waals surface area contributed by atoms with Crippen molar-refractivity contribution < 1.29 is 27.9 Å². The molecule has 2 aromatic rings. The van der Waals surface area contributed by atoms with Crippen LogP contribution in [0, 0.1) is 10.1 Å². The Kier molecular flexibility index (Phi) is 6.82. The van der Waals surface area contributed by atoms with Crippen LogP contribution in [-0.2, 0) is 5.75 Å². The second-order valence-corrected chi connectivity index (χ2v) is 6.14. The highest BCUT2D eigenvalue weighted by Gasteiger charge is 2.32. The van der Waals surface area contributed by atoms with E-state index in [2.05, 4.69) is 14.9 Å². The average molecular weight is 414 g/mol. The number of benzene rings is 2. The molecule has 0 fully saturated rings. The van der Waals surface area contributed by atoms with Crippen LogP contribution in [0.15, 0.2) is 52.7 Å². The van der Waals surface area contributed by atoms with Crippen LogP contribution in [0.5, 0.6) is 11.5 Å². The van der Waals surface area contributed by atoms with E-state index in [4.69, 9.17) is 5.73 Å². The number of halogens is 3. The Labute approximate surface area is 160 Å². The highest BCUT2D eigenvalue weighted by atomic mass is 32.2. The summed E-state index contributed by atoms with van der Waals surface area (Å²) in [6.45, 7) is 0. The molecule has 148 valence electrons. The Morgan fingerprint density at radius 2 is 2.00 bits per heavy atom. The van der Waals surface area contributed by atoms with Crippen molar-refractivity contribution in [1.29, 1.82) is 0 Å². The number of alkyl halides is 3. The topological polar surface area (TPSA) is 123 Å². The number of nitro benzene ring substituents is 1. The van der Waals surface area contributed by atoms with Crippen LogP contribution >= 0.6 is 11.8 Å². The molecule has 0 aliphatic carbocycles. The summed E-state index contributed by atoms with van der Waals surface area (Å²) in [5.74, 6) is -1.25. The zero-order valence-corrected chi connectivity index (χ0v) is 14.8. The molecule has 0 heterocycles. The van der Waals surface area contributed by atoms with Gasteiger partial charge in [0.1, 0.15) is 5.75 Å². The molecule has 0 saturated carbocycles. The van der Waals surface area contributed by atoms with E-state index in [1.54, 1.807) is 0 Å². The summed E-state index contributed by atoms with van der Waals surface area (Å²) in [5.41, 5.74) is 5.29. The fourth-order valence-corrected chi connectivity index (χ4v) is 2.56. The van der Waals surface area contributed by atoms with Crippen molar-refractivity contribution in [1.82, 2.24) is 0 Å². The zero-order chi connectivity index (χ0) is 20.7. The normalized spacial score (nSPS) is 12.3. The summed E-state index contributed by atoms with van der Waals surface area (Å²) >= 11 is 1.16. The van der Waals surface area contributed by atoms with Crippen molar-refractivity contribution in [2.45, 2.75) is 12.1 Å². The number of amidine groups is 1. The van der Waals surface area contributed by atoms with Gasteiger partial charge in [-0.1, -0.05) is 42.1 Å². The molecule has 0 unspecified atom stereocenters. The first kappa shape index (κ1) is 21.0. The first-order valence-electron chi connectivity index (χ1n) is 7.46. The van der Waals surface area contributed by atoms with Gasteiger partial charge in [-0.05, 0) is 11.6 Å². The van der Waals surface area contributed by atoms with E-state index in [1.807, 2.05) is 30.3 Å². The third-order valence-electron chi connectivity index (χ3n) is 3.11. The van der Waals surface area contributed by atoms with Gasteiger partial charge in [0.25, 0.3) is 0 Å². The Balaban J connectivity index is 2.17. The highest BCUT2D eigenvalue weighted by Crippen LogP contribution is 2.35. The molecule has 2 aromatic carbocycles. The number of ether oxygens (including phenoxy) is 1. The smallest absolute Gasteiger partial charge is 0.502 e. The Hall–Kier alpha value is -3.28. The van der Waals surface area contributed by atoms with Crippen LogP contribution in [0.2, 0.25) is 0 Å². The lowest BCUT2D eigenvalue weighted by molar-refractivity contribution is -0.386. The molecule has 8 nitrogen and oxygen atoms in total. The van der Waals surface area contributed by atoms with Crippen LogP contribution < -0.4 is 10.5 Å². The zero-order valence-electron chi connectivity index (χ0n) is 14.0. The second kappa shape index (κ2) is 9.08. The fraction of sp³-hybridized carbons (Fsp3) is 0.125. The van der Waals surface area contributed by atoms with Gasteiger partial charge < -0.3 is 15.6 Å². The summed E-state index contributed by atoms with van der Waals surface area (Å²) < 4.78 is 40.7. The van der Waals surface area contributed by atoms with Crippen molar-refractivity contribution in [3.8, 4) is 11.5 Å². The van der Waals surface area contributed by atoms with Crippen LogP contribution in [-0.4, -0.2) is 27.8 Å². The minimum absolute atomic E-state index is 0.0526. The molecule has 3 N–H and O–H groups in total. The third kappa shape index (κ3) is 6.46. The monoisotopic (exact) mass is 414 g/mol. The van der Waals surface area contributed by atoms with E-state index in [9.17, 15) is 28.4 Å². The van der Waals surface area contributed by atoms with Gasteiger partial charge in [-0.2, -0.15) is 5.10 Å². The molecule has 0 amide bonds. The maximum atomic E-state index is 12.4. The van der Waals surface area contributed by atoms with Gasteiger partial charge in [-0.3, -0.25) is 10.1 Å². The lowest BCUT2D eigenvalue weighted by atomic mass is 10.1. The second-order valence-electron chi connectivity index (χ2n) is 5.14. The number of rotatable bonds is 6. The van der Waals surface area contributed by atoms with E-state index in [0.29, 0.717) is 11.8 Å². The van der Waals surface area contributed by atoms with Crippen molar-refractivity contribution in [2.75, 3.05) is 0 Å². The summed E-state index contributed by atoms with van der Waals surface area (Å²) in [4.78, 5) is 9.85. The number of nitro groups is 1. The van der Waals surface area contributed by atoms with Crippen molar-refractivity contribution in [3.63, 3.8) is 0 Å². The maximum Gasteiger partial charge on any atom is 0.573 e. The molecular formula is C16H13F3N4O4S. The van der Waals surface area contributed by atoms with Crippen LogP contribution in [0.4, 0.5) is 18.9 Å². The first-order valence-corrected chi connectivity index (χ1v) is 8.44. The number of nitrogens with two attached hydrogens (primary N) is 1. The SMILES string of the molecule is NC(=NN=Cc1cc(OC(F)(F)F)cc([N+](=O)[O-])c1O)SCc1ccccc1. The van der Waals surface area contributed by atoms with Gasteiger partial charge in [0, 0.05) is 11.3 Å². The number of phenolic OH excluding ortho intramolecular Hbond substituents is 1. The van der Waals surface area contributed by atoms with Gasteiger partial charge in [-0.15, -0.1) is 18.3 Å². The number of aromatic hydroxyl groups is 1. The molecule has 12 heteroatoms. The summed E-state index contributed by atoms with van der Waals surface area (Å²) in [6, 6.07) is 10.5. The maximum absolute atomic E-state index is 12.4. The molecule has 28 heavy (non-hydrogen) atoms. The molecule has 0 bridgehead atoms. The predicted octanol–water partition coefficient (Wildman–Crippen LogP) is 3.78. The summed E-state index contributed by atoms with van der Waals surface area (Å²) in [7, 11) is 0. The van der Waals surface area contributed by atoms with Gasteiger partial charge in [0.15, 0.2) is 5.17 Å². The first-order chi connectivity index (χ1) is 13.2. The van der Waals surface area contributed by atoms with Gasteiger partial charge in [-0.25, -0.2) is 0 Å². The number of thioether (sulfide) groups is 1. The Morgan fingerprint density at radius 1 is 1.32 bits per heavy atom. The van der Waals surface area contributed by atoms with Crippen molar-refractivity contribution >= 4 is 28.8 Å². The number of hydrogen-bond acceptors (Lipinski definition) is 7. The molecule has 0 saturated heterocycles. The largest absolute Gasteiger partial charge is 0.573 e. The molecule has 0 spiro atoms. The number of hydrogen-bond donors (Lipinski definition) is 2. The van der Waals surface area contributed by atoms with Gasteiger partial charge >= 0.3 is 12.0 Å². The van der Waals surface area contributed by atoms with Crippen LogP contribution in [0.3, 0.4) is 0 Å². The Bertz CT molecular complexity index is 905. The predicted molar refractivity (Wildman–Crippen MR) is 98.4 cm³/mol. The standard InChI is InChI=1S/C16H13F3N4O4S/c17-16(18,19)27-12-6-11(14(24)13(7-12)23(25)26)8-21-22-15(20)28-9-10-4-2-1-3-5-10/h1-8,24H,9H2,(H2,20,22). The molecule has 0 aromatic heterocycles. The fourth-order valence-electron chi connectivity index (χ4n) is 1.95. The summed E-state index contributed by atoms with van der Waals surface area (Å²) in [6.07, 6.45) is -4.22. The lowest BCUT2D eigenvalue weighted by Crippen LogP contribution is -2.17. The molecule has 0 atom stereocenters. The van der Waals surface area contributed by atoms with E-state index in [0.717, 1.165) is 29.6 Å².